The molecule has 18 heavy (non-hydrogen) atoms. The summed E-state index contributed by atoms with van der Waals surface area (Å²) in [6.07, 6.45) is 5.37. The van der Waals surface area contributed by atoms with E-state index in [1.807, 2.05) is 0 Å². The maximum atomic E-state index is 11.2. The topological polar surface area (TPSA) is 74.1 Å². The van der Waals surface area contributed by atoms with Gasteiger partial charge in [-0.05, 0) is 12.1 Å². The molecular weight excluding hydrogens is 234 g/mol. The highest BCUT2D eigenvalue weighted by atomic mass is 16.5. The number of ether oxygens (including phenoxy) is 1. The Bertz CT molecular complexity index is 560. The van der Waals surface area contributed by atoms with Crippen LogP contribution in [0.4, 0.5) is 0 Å². The number of carbonyl (C=O) groups is 2. The van der Waals surface area contributed by atoms with Crippen molar-refractivity contribution in [1.82, 2.24) is 14.5 Å². The number of aromatic nitrogens is 3. The second-order valence-corrected chi connectivity index (χ2v) is 3.56. The lowest BCUT2D eigenvalue weighted by Crippen LogP contribution is -2.07. The number of pyridine rings is 1. The van der Waals surface area contributed by atoms with Gasteiger partial charge in [-0.1, -0.05) is 0 Å². The van der Waals surface area contributed by atoms with Crippen LogP contribution in [-0.4, -0.2) is 33.9 Å². The van der Waals surface area contributed by atoms with E-state index < -0.39 is 5.97 Å². The molecule has 0 atom stereocenters. The Kier molecular flexibility index (Phi) is 3.47. The Morgan fingerprint density at radius 2 is 2.28 bits per heavy atom. The Labute approximate surface area is 103 Å². The van der Waals surface area contributed by atoms with Gasteiger partial charge in [-0.2, -0.15) is 0 Å². The molecule has 2 aromatic heterocycles. The molecule has 2 rings (SSSR count). The molecule has 0 fully saturated rings. The second kappa shape index (κ2) is 5.22. The molecule has 0 spiro atoms. The minimum Gasteiger partial charge on any atom is -0.465 e. The quantitative estimate of drug-likeness (QED) is 0.591. The molecule has 0 saturated carbocycles. The normalized spacial score (nSPS) is 10.1. The smallest absolute Gasteiger partial charge is 0.339 e. The van der Waals surface area contributed by atoms with E-state index in [0.717, 1.165) is 5.69 Å². The van der Waals surface area contributed by atoms with Crippen LogP contribution in [0, 0.1) is 0 Å². The predicted molar refractivity (Wildman–Crippen MR) is 62.3 cm³/mol. The number of hydrogen-bond acceptors (Lipinski definition) is 5. The number of imidazole rings is 1. The van der Waals surface area contributed by atoms with Crippen molar-refractivity contribution in [3.63, 3.8) is 0 Å². The van der Waals surface area contributed by atoms with Crippen LogP contribution in [0.1, 0.15) is 26.7 Å². The lowest BCUT2D eigenvalue weighted by Gasteiger charge is -2.04. The highest BCUT2D eigenvalue weighted by molar-refractivity contribution is 5.88. The standard InChI is InChI=1S/C12H11N3O3/c1-18-12(17)9-2-3-10(14-6-9)7-15-5-4-13-11(15)8-16/h2-6,8H,7H2,1H3. The molecule has 0 aliphatic rings. The summed E-state index contributed by atoms with van der Waals surface area (Å²) in [5.74, 6) is -0.0842. The van der Waals surface area contributed by atoms with Gasteiger partial charge in [0.1, 0.15) is 0 Å². The molecule has 6 nitrogen and oxygen atoms in total. The zero-order chi connectivity index (χ0) is 13.0. The van der Waals surface area contributed by atoms with Gasteiger partial charge in [0.2, 0.25) is 0 Å². The maximum absolute atomic E-state index is 11.2. The van der Waals surface area contributed by atoms with Crippen molar-refractivity contribution in [3.05, 3.63) is 47.8 Å². The molecule has 0 saturated heterocycles. The number of carbonyl (C=O) groups excluding carboxylic acids is 2. The molecule has 0 aliphatic heterocycles. The van der Waals surface area contributed by atoms with Crippen LogP contribution in [0.25, 0.3) is 0 Å². The van der Waals surface area contributed by atoms with E-state index in [4.69, 9.17) is 0 Å². The molecular formula is C12H11N3O3. The van der Waals surface area contributed by atoms with Crippen molar-refractivity contribution in [1.29, 1.82) is 0 Å². The summed E-state index contributed by atoms with van der Waals surface area (Å²) in [7, 11) is 1.32. The fourth-order valence-corrected chi connectivity index (χ4v) is 1.50. The molecule has 92 valence electrons. The first-order valence-electron chi connectivity index (χ1n) is 5.24. The molecule has 0 unspecified atom stereocenters. The highest BCUT2D eigenvalue weighted by Gasteiger charge is 2.07. The lowest BCUT2D eigenvalue weighted by atomic mass is 10.2. The third-order valence-corrected chi connectivity index (χ3v) is 2.43. The molecule has 0 radical (unpaired) electrons. The Hall–Kier alpha value is -2.50. The zero-order valence-corrected chi connectivity index (χ0v) is 9.74. The molecule has 2 aromatic rings. The van der Waals surface area contributed by atoms with Gasteiger partial charge in [-0.3, -0.25) is 9.78 Å². The van der Waals surface area contributed by atoms with Crippen molar-refractivity contribution >= 4 is 12.3 Å². The Morgan fingerprint density at radius 3 is 2.89 bits per heavy atom. The minimum absolute atomic E-state index is 0.342. The number of rotatable bonds is 4. The summed E-state index contributed by atoms with van der Waals surface area (Å²) in [4.78, 5) is 29.9. The summed E-state index contributed by atoms with van der Waals surface area (Å²) in [5, 5.41) is 0. The number of methoxy groups -OCH3 is 1. The zero-order valence-electron chi connectivity index (χ0n) is 9.74. The van der Waals surface area contributed by atoms with Crippen molar-refractivity contribution in [2.24, 2.45) is 0 Å². The van der Waals surface area contributed by atoms with Crippen molar-refractivity contribution in [3.8, 4) is 0 Å². The van der Waals surface area contributed by atoms with Gasteiger partial charge in [-0.15, -0.1) is 0 Å². The van der Waals surface area contributed by atoms with Crippen LogP contribution < -0.4 is 0 Å². The molecule has 0 aliphatic carbocycles. The van der Waals surface area contributed by atoms with E-state index in [1.54, 1.807) is 29.1 Å². The predicted octanol–water partition coefficient (Wildman–Crippen LogP) is 0.925. The fourth-order valence-electron chi connectivity index (χ4n) is 1.50. The maximum Gasteiger partial charge on any atom is 0.339 e. The van der Waals surface area contributed by atoms with Gasteiger partial charge in [0, 0.05) is 18.6 Å². The fraction of sp³-hybridized carbons (Fsp3) is 0.167. The lowest BCUT2D eigenvalue weighted by molar-refractivity contribution is 0.0600. The monoisotopic (exact) mass is 245 g/mol. The van der Waals surface area contributed by atoms with Gasteiger partial charge < -0.3 is 9.30 Å². The molecule has 0 amide bonds. The van der Waals surface area contributed by atoms with E-state index in [2.05, 4.69) is 14.7 Å². The summed E-state index contributed by atoms with van der Waals surface area (Å²) in [6, 6.07) is 3.34. The second-order valence-electron chi connectivity index (χ2n) is 3.56. The van der Waals surface area contributed by atoms with E-state index in [9.17, 15) is 9.59 Å². The first-order valence-corrected chi connectivity index (χ1v) is 5.24. The largest absolute Gasteiger partial charge is 0.465 e. The van der Waals surface area contributed by atoms with Gasteiger partial charge in [0.05, 0.1) is 24.9 Å². The number of nitrogens with zero attached hydrogens (tertiary/aromatic N) is 3. The van der Waals surface area contributed by atoms with Crippen LogP contribution in [-0.2, 0) is 11.3 Å². The Balaban J connectivity index is 2.16. The van der Waals surface area contributed by atoms with Gasteiger partial charge in [0.15, 0.2) is 12.1 Å². The first kappa shape index (κ1) is 12.0. The molecule has 0 bridgehead atoms. The Morgan fingerprint density at radius 1 is 1.44 bits per heavy atom. The van der Waals surface area contributed by atoms with E-state index in [1.165, 1.54) is 13.3 Å². The SMILES string of the molecule is COC(=O)c1ccc(Cn2ccnc2C=O)nc1. The molecule has 6 heteroatoms. The van der Waals surface area contributed by atoms with Crippen LogP contribution >= 0.6 is 0 Å². The van der Waals surface area contributed by atoms with Crippen LogP contribution in [0.15, 0.2) is 30.7 Å². The summed E-state index contributed by atoms with van der Waals surface area (Å²) >= 11 is 0. The average Bonchev–Trinajstić information content (AvgIpc) is 2.86. The van der Waals surface area contributed by atoms with Crippen LogP contribution in [0.2, 0.25) is 0 Å². The molecule has 0 aromatic carbocycles. The third-order valence-electron chi connectivity index (χ3n) is 2.43. The van der Waals surface area contributed by atoms with E-state index in [0.29, 0.717) is 24.2 Å². The van der Waals surface area contributed by atoms with Gasteiger partial charge >= 0.3 is 5.97 Å². The van der Waals surface area contributed by atoms with Crippen molar-refractivity contribution in [2.75, 3.05) is 7.11 Å². The molecule has 2 heterocycles. The van der Waals surface area contributed by atoms with Gasteiger partial charge in [0.25, 0.3) is 0 Å². The summed E-state index contributed by atoms with van der Waals surface area (Å²) in [6.45, 7) is 0.426. The average molecular weight is 245 g/mol. The number of hydrogen-bond donors (Lipinski definition) is 0. The summed E-state index contributed by atoms with van der Waals surface area (Å²) in [5.41, 5.74) is 1.12. The van der Waals surface area contributed by atoms with Gasteiger partial charge in [-0.25, -0.2) is 9.78 Å². The van der Waals surface area contributed by atoms with Crippen LogP contribution in [0.3, 0.4) is 0 Å². The first-order chi connectivity index (χ1) is 8.74. The number of aldehydes is 1. The van der Waals surface area contributed by atoms with E-state index in [-0.39, 0.29) is 0 Å². The number of esters is 1. The highest BCUT2D eigenvalue weighted by Crippen LogP contribution is 2.05. The third kappa shape index (κ3) is 2.42. The van der Waals surface area contributed by atoms with Crippen molar-refractivity contribution in [2.45, 2.75) is 6.54 Å². The molecule has 0 N–H and O–H groups in total. The van der Waals surface area contributed by atoms with Crippen LogP contribution in [0.5, 0.6) is 0 Å². The minimum atomic E-state index is -0.426. The van der Waals surface area contributed by atoms with Crippen molar-refractivity contribution < 1.29 is 14.3 Å². The van der Waals surface area contributed by atoms with E-state index >= 15 is 0 Å². The summed E-state index contributed by atoms with van der Waals surface area (Å²) < 4.78 is 6.25.